The fourth-order valence-corrected chi connectivity index (χ4v) is 4.56. The topological polar surface area (TPSA) is 20.3 Å². The van der Waals surface area contributed by atoms with E-state index in [1.165, 1.54) is 9.40 Å². The lowest BCUT2D eigenvalue weighted by atomic mass is 10.4. The monoisotopic (exact) mass is 315 g/mol. The number of amides is 1. The predicted octanol–water partition coefficient (Wildman–Crippen LogP) is 3.57. The summed E-state index contributed by atoms with van der Waals surface area (Å²) >= 11 is 6.86. The minimum Gasteiger partial charge on any atom is -0.337 e. The van der Waals surface area contributed by atoms with Gasteiger partial charge in [-0.3, -0.25) is 4.79 Å². The standard InChI is InChI=1S/C11H10BrNOS2/c12-7-1-3-13(6-7)11(14)10-5-9-8(16-10)2-4-15-9/h2,4-5,7H,1,3,6H2. The van der Waals surface area contributed by atoms with E-state index in [1.54, 1.807) is 22.7 Å². The fourth-order valence-electron chi connectivity index (χ4n) is 1.93. The van der Waals surface area contributed by atoms with Gasteiger partial charge in [-0.05, 0) is 23.9 Å². The molecule has 0 radical (unpaired) electrons. The minimum absolute atomic E-state index is 0.190. The second kappa shape index (κ2) is 4.13. The van der Waals surface area contributed by atoms with Gasteiger partial charge in [0.2, 0.25) is 0 Å². The number of carbonyl (C=O) groups excluding carboxylic acids is 1. The summed E-state index contributed by atoms with van der Waals surface area (Å²) in [6, 6.07) is 4.10. The molecular formula is C11H10BrNOS2. The first kappa shape index (κ1) is 10.7. The van der Waals surface area contributed by atoms with Crippen LogP contribution in [0.15, 0.2) is 17.5 Å². The summed E-state index contributed by atoms with van der Waals surface area (Å²) < 4.78 is 2.45. The Morgan fingerprint density at radius 3 is 3.06 bits per heavy atom. The van der Waals surface area contributed by atoms with Crippen molar-refractivity contribution in [1.82, 2.24) is 4.90 Å². The van der Waals surface area contributed by atoms with Crippen molar-refractivity contribution in [1.29, 1.82) is 0 Å². The number of hydrogen-bond donors (Lipinski definition) is 0. The van der Waals surface area contributed by atoms with E-state index in [1.807, 2.05) is 11.0 Å². The maximum Gasteiger partial charge on any atom is 0.264 e. The van der Waals surface area contributed by atoms with Gasteiger partial charge < -0.3 is 4.90 Å². The molecule has 5 heteroatoms. The highest BCUT2D eigenvalue weighted by molar-refractivity contribution is 9.09. The van der Waals surface area contributed by atoms with Gasteiger partial charge in [0.1, 0.15) is 0 Å². The molecule has 0 aromatic carbocycles. The summed E-state index contributed by atoms with van der Waals surface area (Å²) in [5.74, 6) is 0.190. The fraction of sp³-hybridized carbons (Fsp3) is 0.364. The molecule has 1 aliphatic heterocycles. The molecule has 2 aromatic rings. The highest BCUT2D eigenvalue weighted by Crippen LogP contribution is 2.31. The molecule has 1 unspecified atom stereocenters. The van der Waals surface area contributed by atoms with Gasteiger partial charge in [0.25, 0.3) is 5.91 Å². The molecular weight excluding hydrogens is 306 g/mol. The first-order valence-corrected chi connectivity index (χ1v) is 7.75. The van der Waals surface area contributed by atoms with Crippen LogP contribution in [0.25, 0.3) is 9.40 Å². The van der Waals surface area contributed by atoms with E-state index in [0.717, 1.165) is 24.4 Å². The van der Waals surface area contributed by atoms with Gasteiger partial charge in [-0.15, -0.1) is 22.7 Å². The molecule has 2 nitrogen and oxygen atoms in total. The Balaban J connectivity index is 1.87. The third-order valence-electron chi connectivity index (χ3n) is 2.77. The van der Waals surface area contributed by atoms with Crippen LogP contribution in [-0.4, -0.2) is 28.7 Å². The van der Waals surface area contributed by atoms with Gasteiger partial charge in [-0.1, -0.05) is 15.9 Å². The Hall–Kier alpha value is -0.390. The van der Waals surface area contributed by atoms with E-state index >= 15 is 0 Å². The van der Waals surface area contributed by atoms with Crippen molar-refractivity contribution in [3.8, 4) is 0 Å². The van der Waals surface area contributed by atoms with Gasteiger partial charge in [-0.2, -0.15) is 0 Å². The maximum atomic E-state index is 12.2. The van der Waals surface area contributed by atoms with Gasteiger partial charge in [0.05, 0.1) is 4.88 Å². The summed E-state index contributed by atoms with van der Waals surface area (Å²) in [7, 11) is 0. The van der Waals surface area contributed by atoms with Gasteiger partial charge >= 0.3 is 0 Å². The average Bonchev–Trinajstić information content (AvgIpc) is 2.89. The molecule has 16 heavy (non-hydrogen) atoms. The number of fused-ring (bicyclic) bond motifs is 1. The number of carbonyl (C=O) groups is 1. The van der Waals surface area contributed by atoms with Crippen LogP contribution in [0.2, 0.25) is 0 Å². The van der Waals surface area contributed by atoms with Gasteiger partial charge in [-0.25, -0.2) is 0 Å². The zero-order chi connectivity index (χ0) is 11.1. The largest absolute Gasteiger partial charge is 0.337 e. The number of rotatable bonds is 1. The molecule has 3 heterocycles. The minimum atomic E-state index is 0.190. The first-order chi connectivity index (χ1) is 7.74. The predicted molar refractivity (Wildman–Crippen MR) is 72.9 cm³/mol. The molecule has 1 fully saturated rings. The lowest BCUT2D eigenvalue weighted by Crippen LogP contribution is -2.27. The van der Waals surface area contributed by atoms with Crippen molar-refractivity contribution in [2.45, 2.75) is 11.2 Å². The molecule has 0 aliphatic carbocycles. The summed E-state index contributed by atoms with van der Waals surface area (Å²) in [5.41, 5.74) is 0. The van der Waals surface area contributed by atoms with Gasteiger partial charge in [0.15, 0.2) is 0 Å². The van der Waals surface area contributed by atoms with Crippen molar-refractivity contribution in [2.75, 3.05) is 13.1 Å². The lowest BCUT2D eigenvalue weighted by molar-refractivity contribution is 0.0798. The Kier molecular flexibility index (Phi) is 2.77. The highest BCUT2D eigenvalue weighted by Gasteiger charge is 2.26. The molecule has 0 bridgehead atoms. The van der Waals surface area contributed by atoms with Crippen LogP contribution in [0.4, 0.5) is 0 Å². The molecule has 0 saturated carbocycles. The second-order valence-electron chi connectivity index (χ2n) is 3.90. The van der Waals surface area contributed by atoms with E-state index in [-0.39, 0.29) is 5.91 Å². The Morgan fingerprint density at radius 1 is 1.50 bits per heavy atom. The van der Waals surface area contributed by atoms with Gasteiger partial charge in [0, 0.05) is 27.3 Å². The molecule has 1 aliphatic rings. The number of hydrogen-bond acceptors (Lipinski definition) is 3. The zero-order valence-electron chi connectivity index (χ0n) is 8.48. The molecule has 2 aromatic heterocycles. The average molecular weight is 316 g/mol. The number of halogens is 1. The first-order valence-electron chi connectivity index (χ1n) is 5.14. The normalized spacial score (nSPS) is 20.8. The maximum absolute atomic E-state index is 12.2. The molecule has 84 valence electrons. The third kappa shape index (κ3) is 1.81. The smallest absolute Gasteiger partial charge is 0.264 e. The molecule has 1 amide bonds. The van der Waals surface area contributed by atoms with Crippen LogP contribution in [0.5, 0.6) is 0 Å². The van der Waals surface area contributed by atoms with Crippen LogP contribution in [0.3, 0.4) is 0 Å². The van der Waals surface area contributed by atoms with E-state index in [0.29, 0.717) is 4.83 Å². The van der Waals surface area contributed by atoms with Crippen LogP contribution >= 0.6 is 38.6 Å². The lowest BCUT2D eigenvalue weighted by Gasteiger charge is -2.13. The van der Waals surface area contributed by atoms with Crippen molar-refractivity contribution in [3.05, 3.63) is 22.4 Å². The number of likely N-dealkylation sites (tertiary alicyclic amines) is 1. The summed E-state index contributed by atoms with van der Waals surface area (Å²) in [6.45, 7) is 1.71. The Morgan fingerprint density at radius 2 is 2.38 bits per heavy atom. The SMILES string of the molecule is O=C(c1cc2sccc2s1)N1CCC(Br)C1. The molecule has 0 N–H and O–H groups in total. The summed E-state index contributed by atoms with van der Waals surface area (Å²) in [6.07, 6.45) is 1.06. The van der Waals surface area contributed by atoms with Crippen LogP contribution in [0, 0.1) is 0 Å². The van der Waals surface area contributed by atoms with Crippen molar-refractivity contribution >= 4 is 53.9 Å². The number of alkyl halides is 1. The molecule has 1 saturated heterocycles. The van der Waals surface area contributed by atoms with E-state index in [2.05, 4.69) is 27.4 Å². The number of thiophene rings is 2. The molecule has 0 spiro atoms. The second-order valence-corrected chi connectivity index (χ2v) is 7.22. The Labute approximate surface area is 110 Å². The molecule has 3 rings (SSSR count). The third-order valence-corrected chi connectivity index (χ3v) is 5.60. The van der Waals surface area contributed by atoms with Crippen LogP contribution in [0.1, 0.15) is 16.1 Å². The highest BCUT2D eigenvalue weighted by atomic mass is 79.9. The summed E-state index contributed by atoms with van der Waals surface area (Å²) in [4.78, 5) is 15.5. The summed E-state index contributed by atoms with van der Waals surface area (Å²) in [5, 5.41) is 2.07. The number of nitrogens with zero attached hydrogens (tertiary/aromatic N) is 1. The van der Waals surface area contributed by atoms with Crippen LogP contribution < -0.4 is 0 Å². The van der Waals surface area contributed by atoms with E-state index < -0.39 is 0 Å². The van der Waals surface area contributed by atoms with E-state index in [9.17, 15) is 4.79 Å². The Bertz CT molecular complexity index is 504. The zero-order valence-corrected chi connectivity index (χ0v) is 11.7. The van der Waals surface area contributed by atoms with Crippen molar-refractivity contribution in [3.63, 3.8) is 0 Å². The quantitative estimate of drug-likeness (QED) is 0.737. The van der Waals surface area contributed by atoms with Crippen molar-refractivity contribution in [2.24, 2.45) is 0 Å². The van der Waals surface area contributed by atoms with Crippen LogP contribution in [-0.2, 0) is 0 Å². The van der Waals surface area contributed by atoms with E-state index in [4.69, 9.17) is 0 Å². The molecule has 1 atom stereocenters. The van der Waals surface area contributed by atoms with Crippen molar-refractivity contribution < 1.29 is 4.79 Å².